The lowest BCUT2D eigenvalue weighted by molar-refractivity contribution is 0.137. The van der Waals surface area contributed by atoms with Crippen molar-refractivity contribution in [3.05, 3.63) is 16.1 Å². The van der Waals surface area contributed by atoms with E-state index in [9.17, 15) is 13.2 Å². The van der Waals surface area contributed by atoms with Gasteiger partial charge in [-0.1, -0.05) is 58.8 Å². The van der Waals surface area contributed by atoms with Crippen LogP contribution >= 0.6 is 15.9 Å². The summed E-state index contributed by atoms with van der Waals surface area (Å²) in [7, 11) is 0. The summed E-state index contributed by atoms with van der Waals surface area (Å²) in [4.78, 5) is 0. The monoisotopic (exact) mass is 396 g/mol. The Kier molecular flexibility index (Phi) is 8.65. The number of nitrogens with zero attached hydrogens (tertiary/aromatic N) is 2. The molecule has 2 nitrogen and oxygen atoms in total. The molecule has 0 amide bonds. The van der Waals surface area contributed by atoms with E-state index in [1.165, 1.54) is 23.9 Å². The highest BCUT2D eigenvalue weighted by Gasteiger charge is 2.33. The first-order valence-corrected chi connectivity index (χ1v) is 9.39. The Morgan fingerprint density at radius 1 is 1.04 bits per heavy atom. The quantitative estimate of drug-likeness (QED) is 0.368. The second-order valence-electron chi connectivity index (χ2n) is 6.47. The Bertz CT molecular complexity index is 477. The number of hydrogen-bond acceptors (Lipinski definition) is 1. The van der Waals surface area contributed by atoms with Gasteiger partial charge in [0.1, 0.15) is 4.60 Å². The average molecular weight is 397 g/mol. The number of rotatable bonds is 11. The minimum atomic E-state index is -2.90. The highest BCUT2D eigenvalue weighted by Crippen LogP contribution is 2.36. The lowest BCUT2D eigenvalue weighted by Crippen LogP contribution is -2.32. The Morgan fingerprint density at radius 3 is 2.13 bits per heavy atom. The third-order valence-electron chi connectivity index (χ3n) is 4.41. The molecule has 0 radical (unpaired) electrons. The second-order valence-corrected chi connectivity index (χ2v) is 7.22. The maximum atomic E-state index is 14.0. The Labute approximate surface area is 146 Å². The fourth-order valence-electron chi connectivity index (χ4n) is 2.90. The summed E-state index contributed by atoms with van der Waals surface area (Å²) < 4.78 is 41.3. The van der Waals surface area contributed by atoms with Crippen LogP contribution in [0.5, 0.6) is 0 Å². The van der Waals surface area contributed by atoms with Crippen molar-refractivity contribution >= 4 is 15.9 Å². The zero-order valence-corrected chi connectivity index (χ0v) is 15.9. The molecule has 0 aliphatic heterocycles. The molecule has 0 bridgehead atoms. The van der Waals surface area contributed by atoms with Crippen LogP contribution in [0.1, 0.15) is 90.7 Å². The molecule has 1 heterocycles. The molecule has 0 saturated carbocycles. The molecule has 0 spiro atoms. The summed E-state index contributed by atoms with van der Waals surface area (Å²) >= 11 is 3.12. The number of hydrogen-bond donors (Lipinski definition) is 0. The van der Waals surface area contributed by atoms with Crippen LogP contribution in [0, 0.1) is 5.82 Å². The van der Waals surface area contributed by atoms with Gasteiger partial charge in [0, 0.05) is 0 Å². The smallest absolute Gasteiger partial charge is 0.249 e. The van der Waals surface area contributed by atoms with E-state index in [-0.39, 0.29) is 4.60 Å². The largest absolute Gasteiger partial charge is 0.285 e. The molecule has 0 fully saturated rings. The summed E-state index contributed by atoms with van der Waals surface area (Å²) in [5, 5.41) is 3.89. The molecule has 1 rings (SSSR count). The molecule has 0 saturated heterocycles. The van der Waals surface area contributed by atoms with E-state index in [2.05, 4.69) is 34.9 Å². The van der Waals surface area contributed by atoms with E-state index in [1.807, 2.05) is 6.92 Å². The molecule has 1 unspecified atom stereocenters. The molecule has 23 heavy (non-hydrogen) atoms. The first-order valence-electron chi connectivity index (χ1n) is 8.60. The number of aromatic nitrogens is 2. The Hall–Kier alpha value is -0.520. The van der Waals surface area contributed by atoms with Gasteiger partial charge in [-0.15, -0.1) is 0 Å². The molecule has 0 aliphatic rings. The van der Waals surface area contributed by atoms with Crippen molar-refractivity contribution in [2.24, 2.45) is 0 Å². The van der Waals surface area contributed by atoms with E-state index >= 15 is 0 Å². The standard InChI is InChI=1S/C17H28BrF3N2/c1-4-6-8-9-10-12-17(3,11-7-5-2)23-15(18)13(19)14(22-23)16(20)21/h16H,4-12H2,1-3H3. The summed E-state index contributed by atoms with van der Waals surface area (Å²) in [5.41, 5.74) is -1.19. The van der Waals surface area contributed by atoms with Gasteiger partial charge in [-0.2, -0.15) is 5.10 Å². The number of unbranched alkanes of at least 4 members (excludes halogenated alkanes) is 5. The summed E-state index contributed by atoms with van der Waals surface area (Å²) in [6, 6.07) is 0. The molecular weight excluding hydrogens is 369 g/mol. The van der Waals surface area contributed by atoms with Crippen molar-refractivity contribution in [3.8, 4) is 0 Å². The highest BCUT2D eigenvalue weighted by atomic mass is 79.9. The predicted octanol–water partition coefficient (Wildman–Crippen LogP) is 6.99. The van der Waals surface area contributed by atoms with Gasteiger partial charge in [-0.3, -0.25) is 0 Å². The summed E-state index contributed by atoms with van der Waals surface area (Å²) in [6.07, 6.45) is 6.37. The molecule has 0 aliphatic carbocycles. The SMILES string of the molecule is CCCCCCCC(C)(CCCC)n1nc(C(F)F)c(F)c1Br. The summed E-state index contributed by atoms with van der Waals surface area (Å²) in [6.45, 7) is 6.25. The molecule has 1 aromatic heterocycles. The van der Waals surface area contributed by atoms with E-state index in [4.69, 9.17) is 0 Å². The lowest BCUT2D eigenvalue weighted by Gasteiger charge is -2.31. The van der Waals surface area contributed by atoms with Crippen LogP contribution in [0.3, 0.4) is 0 Å². The zero-order chi connectivity index (χ0) is 17.5. The minimum absolute atomic E-state index is 0.0416. The van der Waals surface area contributed by atoms with Crippen molar-refractivity contribution in [2.75, 3.05) is 0 Å². The van der Waals surface area contributed by atoms with Gasteiger partial charge >= 0.3 is 0 Å². The molecular formula is C17H28BrF3N2. The van der Waals surface area contributed by atoms with Gasteiger partial charge in [0.2, 0.25) is 0 Å². The molecule has 1 aromatic rings. The molecule has 0 aromatic carbocycles. The van der Waals surface area contributed by atoms with E-state index in [0.29, 0.717) is 0 Å². The van der Waals surface area contributed by atoms with E-state index in [1.54, 1.807) is 0 Å². The topological polar surface area (TPSA) is 17.8 Å². The molecule has 0 N–H and O–H groups in total. The van der Waals surface area contributed by atoms with Gasteiger partial charge in [0.05, 0.1) is 5.54 Å². The Balaban J connectivity index is 2.93. The third-order valence-corrected chi connectivity index (χ3v) is 5.09. The Morgan fingerprint density at radius 2 is 1.61 bits per heavy atom. The van der Waals surface area contributed by atoms with Gasteiger partial charge in [-0.25, -0.2) is 17.9 Å². The fraction of sp³-hybridized carbons (Fsp3) is 0.824. The molecule has 134 valence electrons. The van der Waals surface area contributed by atoms with Crippen LogP contribution in [-0.4, -0.2) is 9.78 Å². The average Bonchev–Trinajstić information content (AvgIpc) is 2.82. The fourth-order valence-corrected chi connectivity index (χ4v) is 3.61. The normalized spacial score (nSPS) is 14.4. The van der Waals surface area contributed by atoms with Crippen molar-refractivity contribution in [1.29, 1.82) is 0 Å². The van der Waals surface area contributed by atoms with Crippen LogP contribution in [0.2, 0.25) is 0 Å². The molecule has 6 heteroatoms. The van der Waals surface area contributed by atoms with Crippen LogP contribution < -0.4 is 0 Å². The summed E-state index contributed by atoms with van der Waals surface area (Å²) in [5.74, 6) is -0.936. The van der Waals surface area contributed by atoms with Gasteiger partial charge in [0.25, 0.3) is 6.43 Å². The highest BCUT2D eigenvalue weighted by molar-refractivity contribution is 9.10. The van der Waals surface area contributed by atoms with Crippen molar-refractivity contribution in [3.63, 3.8) is 0 Å². The van der Waals surface area contributed by atoms with Crippen molar-refractivity contribution in [2.45, 2.75) is 90.5 Å². The minimum Gasteiger partial charge on any atom is -0.249 e. The number of alkyl halides is 2. The maximum absolute atomic E-state index is 14.0. The van der Waals surface area contributed by atoms with Crippen LogP contribution in [0.4, 0.5) is 13.2 Å². The van der Waals surface area contributed by atoms with Crippen LogP contribution in [0.15, 0.2) is 4.60 Å². The van der Waals surface area contributed by atoms with Crippen molar-refractivity contribution < 1.29 is 13.2 Å². The van der Waals surface area contributed by atoms with E-state index < -0.39 is 23.5 Å². The van der Waals surface area contributed by atoms with Gasteiger partial charge in [-0.05, 0) is 35.7 Å². The van der Waals surface area contributed by atoms with Gasteiger partial charge < -0.3 is 0 Å². The third kappa shape index (κ3) is 5.50. The first-order chi connectivity index (χ1) is 10.9. The lowest BCUT2D eigenvalue weighted by atomic mass is 9.88. The van der Waals surface area contributed by atoms with Gasteiger partial charge in [0.15, 0.2) is 11.5 Å². The zero-order valence-electron chi connectivity index (χ0n) is 14.3. The number of halogens is 4. The van der Waals surface area contributed by atoms with Crippen LogP contribution in [0.25, 0.3) is 0 Å². The second kappa shape index (κ2) is 9.70. The first kappa shape index (κ1) is 20.5. The molecule has 1 atom stereocenters. The van der Waals surface area contributed by atoms with E-state index in [0.717, 1.165) is 38.5 Å². The predicted molar refractivity (Wildman–Crippen MR) is 91.4 cm³/mol. The van der Waals surface area contributed by atoms with Crippen molar-refractivity contribution in [1.82, 2.24) is 9.78 Å². The maximum Gasteiger partial charge on any atom is 0.285 e. The van der Waals surface area contributed by atoms with Crippen LogP contribution in [-0.2, 0) is 5.54 Å².